The molecule has 4 N–H and O–H groups in total. The van der Waals surface area contributed by atoms with Crippen LogP contribution in [-0.4, -0.2) is 37.3 Å². The summed E-state index contributed by atoms with van der Waals surface area (Å²) in [5.74, 6) is -0.335. The molecule has 33 heavy (non-hydrogen) atoms. The predicted molar refractivity (Wildman–Crippen MR) is 125 cm³/mol. The number of nitrogens with zero attached hydrogens (tertiary/aromatic N) is 2. The summed E-state index contributed by atoms with van der Waals surface area (Å²) in [4.78, 5) is 21.3. The number of phenols is 2. The first kappa shape index (κ1) is 21.8. The van der Waals surface area contributed by atoms with E-state index in [0.29, 0.717) is 23.6 Å². The Hall–Kier alpha value is -4.39. The Kier molecular flexibility index (Phi) is 6.50. The van der Waals surface area contributed by atoms with Gasteiger partial charge in [0.2, 0.25) is 0 Å². The van der Waals surface area contributed by atoms with E-state index >= 15 is 0 Å². The lowest BCUT2D eigenvalue weighted by atomic mass is 10.0. The summed E-state index contributed by atoms with van der Waals surface area (Å²) in [5, 5.41) is 31.9. The molecule has 4 aromatic rings. The summed E-state index contributed by atoms with van der Waals surface area (Å²) in [5.41, 5.74) is 3.81. The minimum absolute atomic E-state index is 0.124. The van der Waals surface area contributed by atoms with Crippen LogP contribution in [0.1, 0.15) is 16.8 Å². The molecule has 0 aliphatic carbocycles. The van der Waals surface area contributed by atoms with Gasteiger partial charge in [0.15, 0.2) is 0 Å². The van der Waals surface area contributed by atoms with E-state index in [4.69, 9.17) is 4.98 Å². The normalized spacial score (nSPS) is 11.6. The summed E-state index contributed by atoms with van der Waals surface area (Å²) in [7, 11) is 0. The van der Waals surface area contributed by atoms with Crippen LogP contribution in [0.3, 0.4) is 0 Å². The number of carbonyl (C=O) groups is 1. The van der Waals surface area contributed by atoms with Gasteiger partial charge in [-0.15, -0.1) is 0 Å². The molecule has 166 valence electrons. The maximum atomic E-state index is 12.0. The lowest BCUT2D eigenvalue weighted by molar-refractivity contribution is -0.137. The van der Waals surface area contributed by atoms with Gasteiger partial charge in [0.25, 0.3) is 0 Å². The largest absolute Gasteiger partial charge is 0.508 e. The molecular weight excluding hydrogens is 418 g/mol. The lowest BCUT2D eigenvalue weighted by Gasteiger charge is -2.18. The molecule has 0 saturated carbocycles. The lowest BCUT2D eigenvalue weighted by Crippen LogP contribution is -2.32. The van der Waals surface area contributed by atoms with Crippen LogP contribution in [-0.2, 0) is 17.6 Å². The zero-order chi connectivity index (χ0) is 23.2. The number of aliphatic carboxylic acids is 1. The van der Waals surface area contributed by atoms with Crippen molar-refractivity contribution in [2.24, 2.45) is 0 Å². The number of carboxylic acids is 1. The van der Waals surface area contributed by atoms with Crippen LogP contribution in [0.5, 0.6) is 11.5 Å². The van der Waals surface area contributed by atoms with Crippen molar-refractivity contribution < 1.29 is 20.1 Å². The highest BCUT2D eigenvalue weighted by Gasteiger charge is 2.21. The van der Waals surface area contributed by atoms with E-state index in [1.807, 2.05) is 30.3 Å². The molecule has 0 amide bonds. The van der Waals surface area contributed by atoms with Gasteiger partial charge in [-0.05, 0) is 47.5 Å². The van der Waals surface area contributed by atoms with E-state index in [1.165, 1.54) is 12.1 Å². The number of hydrogen-bond acceptors (Lipinski definition) is 6. The second kappa shape index (κ2) is 9.82. The SMILES string of the molecule is O=C(O)C(Cc1ccc(O)cc1)Nc1ncc(-c2ccc(O)cc2)nc1Cc1ccccc1. The van der Waals surface area contributed by atoms with Crippen LogP contribution in [0.4, 0.5) is 5.82 Å². The van der Waals surface area contributed by atoms with Crippen LogP contribution >= 0.6 is 0 Å². The summed E-state index contributed by atoms with van der Waals surface area (Å²) >= 11 is 0. The molecule has 7 heteroatoms. The highest BCUT2D eigenvalue weighted by molar-refractivity contribution is 5.77. The van der Waals surface area contributed by atoms with Gasteiger partial charge in [0, 0.05) is 18.4 Å². The topological polar surface area (TPSA) is 116 Å². The molecule has 7 nitrogen and oxygen atoms in total. The Bertz CT molecular complexity index is 1230. The third-order valence-electron chi connectivity index (χ3n) is 5.21. The maximum absolute atomic E-state index is 12.0. The molecule has 1 aromatic heterocycles. The minimum Gasteiger partial charge on any atom is -0.508 e. The monoisotopic (exact) mass is 441 g/mol. The van der Waals surface area contributed by atoms with E-state index in [9.17, 15) is 20.1 Å². The van der Waals surface area contributed by atoms with Gasteiger partial charge in [0.05, 0.1) is 17.6 Å². The third kappa shape index (κ3) is 5.65. The first-order chi connectivity index (χ1) is 16.0. The summed E-state index contributed by atoms with van der Waals surface area (Å²) in [6.45, 7) is 0. The molecule has 0 bridgehead atoms. The quantitative estimate of drug-likeness (QED) is 0.323. The number of aromatic hydroxyl groups is 2. The zero-order valence-corrected chi connectivity index (χ0v) is 17.7. The van der Waals surface area contributed by atoms with Crippen LogP contribution in [0, 0.1) is 0 Å². The van der Waals surface area contributed by atoms with E-state index < -0.39 is 12.0 Å². The van der Waals surface area contributed by atoms with Gasteiger partial charge < -0.3 is 20.6 Å². The molecule has 3 aromatic carbocycles. The first-order valence-corrected chi connectivity index (χ1v) is 10.4. The number of carboxylic acid groups (broad SMARTS) is 1. The highest BCUT2D eigenvalue weighted by atomic mass is 16.4. The van der Waals surface area contributed by atoms with Crippen molar-refractivity contribution in [2.45, 2.75) is 18.9 Å². The van der Waals surface area contributed by atoms with Gasteiger partial charge in [-0.2, -0.15) is 0 Å². The summed E-state index contributed by atoms with van der Waals surface area (Å²) in [6, 6.07) is 21.9. The Morgan fingerprint density at radius 3 is 2.12 bits per heavy atom. The van der Waals surface area contributed by atoms with Crippen LogP contribution in [0.15, 0.2) is 85.1 Å². The van der Waals surface area contributed by atoms with E-state index in [2.05, 4.69) is 10.3 Å². The molecule has 0 saturated heterocycles. The van der Waals surface area contributed by atoms with Crippen molar-refractivity contribution in [1.29, 1.82) is 0 Å². The number of hydrogen-bond donors (Lipinski definition) is 4. The van der Waals surface area contributed by atoms with E-state index in [1.54, 1.807) is 42.6 Å². The van der Waals surface area contributed by atoms with Gasteiger partial charge in [-0.25, -0.2) is 14.8 Å². The van der Waals surface area contributed by atoms with Gasteiger partial charge in [-0.3, -0.25) is 0 Å². The smallest absolute Gasteiger partial charge is 0.326 e. The van der Waals surface area contributed by atoms with Crippen molar-refractivity contribution in [3.63, 3.8) is 0 Å². The Morgan fingerprint density at radius 1 is 0.848 bits per heavy atom. The fraction of sp³-hybridized carbons (Fsp3) is 0.115. The molecule has 0 radical (unpaired) electrons. The number of benzene rings is 3. The molecule has 0 spiro atoms. The Morgan fingerprint density at radius 2 is 1.48 bits per heavy atom. The molecular formula is C26H23N3O4. The van der Waals surface area contributed by atoms with Crippen LogP contribution in [0.25, 0.3) is 11.3 Å². The van der Waals surface area contributed by atoms with E-state index in [0.717, 1.165) is 16.7 Å². The number of anilines is 1. The third-order valence-corrected chi connectivity index (χ3v) is 5.21. The van der Waals surface area contributed by atoms with Crippen LogP contribution < -0.4 is 5.32 Å². The number of nitrogens with one attached hydrogen (secondary N) is 1. The van der Waals surface area contributed by atoms with Crippen molar-refractivity contribution in [1.82, 2.24) is 9.97 Å². The minimum atomic E-state index is -1.02. The zero-order valence-electron chi connectivity index (χ0n) is 17.7. The van der Waals surface area contributed by atoms with Crippen molar-refractivity contribution in [3.05, 3.63) is 102 Å². The number of phenolic OH excluding ortho intramolecular Hbond substituents is 2. The molecule has 0 aliphatic rings. The van der Waals surface area contributed by atoms with Crippen molar-refractivity contribution >= 4 is 11.8 Å². The van der Waals surface area contributed by atoms with E-state index in [-0.39, 0.29) is 17.9 Å². The van der Waals surface area contributed by atoms with Gasteiger partial charge in [-0.1, -0.05) is 42.5 Å². The highest BCUT2D eigenvalue weighted by Crippen LogP contribution is 2.24. The molecule has 0 aliphatic heterocycles. The standard InChI is InChI=1S/C26H23N3O4/c30-20-10-6-18(7-11-20)15-23(26(32)33)29-25-22(14-17-4-2-1-3-5-17)28-24(16-27-25)19-8-12-21(31)13-9-19/h1-13,16,23,30-31H,14-15H2,(H,27,29)(H,32,33). The predicted octanol–water partition coefficient (Wildman–Crippen LogP) is 4.25. The molecule has 1 atom stereocenters. The molecule has 4 rings (SSSR count). The second-order valence-corrected chi connectivity index (χ2v) is 7.67. The fourth-order valence-corrected chi connectivity index (χ4v) is 3.46. The average molecular weight is 441 g/mol. The Balaban J connectivity index is 1.66. The second-order valence-electron chi connectivity index (χ2n) is 7.67. The van der Waals surface area contributed by atoms with Crippen molar-refractivity contribution in [2.75, 3.05) is 5.32 Å². The van der Waals surface area contributed by atoms with Gasteiger partial charge in [0.1, 0.15) is 23.4 Å². The molecule has 1 heterocycles. The first-order valence-electron chi connectivity index (χ1n) is 10.4. The number of aromatic nitrogens is 2. The molecule has 1 unspecified atom stereocenters. The fourth-order valence-electron chi connectivity index (χ4n) is 3.46. The summed E-state index contributed by atoms with van der Waals surface area (Å²) < 4.78 is 0. The molecule has 0 fully saturated rings. The van der Waals surface area contributed by atoms with Crippen LogP contribution in [0.2, 0.25) is 0 Å². The summed E-state index contributed by atoms with van der Waals surface area (Å²) in [6.07, 6.45) is 2.26. The average Bonchev–Trinajstić information content (AvgIpc) is 2.82. The maximum Gasteiger partial charge on any atom is 0.326 e. The Labute approximate surface area is 191 Å². The number of rotatable bonds is 8. The van der Waals surface area contributed by atoms with Gasteiger partial charge >= 0.3 is 5.97 Å². The van der Waals surface area contributed by atoms with Crippen molar-refractivity contribution in [3.8, 4) is 22.8 Å².